The van der Waals surface area contributed by atoms with Crippen LogP contribution in [0.3, 0.4) is 0 Å². The molecular formula is C17H22N2O. The maximum Gasteiger partial charge on any atom is 0.0554 e. The first kappa shape index (κ1) is 13.3. The van der Waals surface area contributed by atoms with E-state index < -0.39 is 0 Å². The topological polar surface area (TPSA) is 39.3 Å². The smallest absolute Gasteiger partial charge is 0.0554 e. The maximum atomic E-state index is 9.72. The van der Waals surface area contributed by atoms with Crippen LogP contribution in [0.1, 0.15) is 36.4 Å². The predicted octanol–water partition coefficient (Wildman–Crippen LogP) is 3.13. The van der Waals surface area contributed by atoms with Gasteiger partial charge >= 0.3 is 0 Å². The standard InChI is InChI=1S/C17H22N2O/c20-13-16(17-8-5-9-18-17)14-6-4-7-15(12-14)19-10-2-1-3-11-19/h4-9,12,16,18,20H,1-3,10-11,13H2. The molecule has 0 radical (unpaired) electrons. The van der Waals surface area contributed by atoms with Crippen LogP contribution in [-0.4, -0.2) is 29.8 Å². The lowest BCUT2D eigenvalue weighted by Gasteiger charge is -2.29. The minimum Gasteiger partial charge on any atom is -0.395 e. The summed E-state index contributed by atoms with van der Waals surface area (Å²) < 4.78 is 0. The molecule has 0 spiro atoms. The second-order valence-corrected chi connectivity index (χ2v) is 5.50. The Bertz CT molecular complexity index is 530. The first-order valence-corrected chi connectivity index (χ1v) is 7.47. The van der Waals surface area contributed by atoms with Gasteiger partial charge in [0.15, 0.2) is 0 Å². The average Bonchev–Trinajstić information content (AvgIpc) is 3.03. The zero-order chi connectivity index (χ0) is 13.8. The second kappa shape index (κ2) is 6.14. The Morgan fingerprint density at radius 3 is 2.65 bits per heavy atom. The minimum absolute atomic E-state index is 0.0368. The molecule has 1 atom stereocenters. The number of H-pyrrole nitrogens is 1. The Balaban J connectivity index is 1.86. The van der Waals surface area contributed by atoms with Gasteiger partial charge in [-0.2, -0.15) is 0 Å². The molecule has 1 fully saturated rings. The fraction of sp³-hybridized carbons (Fsp3) is 0.412. The van der Waals surface area contributed by atoms with Crippen LogP contribution in [0.2, 0.25) is 0 Å². The van der Waals surface area contributed by atoms with E-state index in [9.17, 15) is 5.11 Å². The molecule has 0 bridgehead atoms. The summed E-state index contributed by atoms with van der Waals surface area (Å²) in [6.45, 7) is 2.43. The van der Waals surface area contributed by atoms with Gasteiger partial charge in [0.1, 0.15) is 0 Å². The van der Waals surface area contributed by atoms with Crippen LogP contribution < -0.4 is 4.90 Å². The fourth-order valence-electron chi connectivity index (χ4n) is 3.03. The lowest BCUT2D eigenvalue weighted by molar-refractivity contribution is 0.279. The number of aliphatic hydroxyl groups is 1. The molecule has 106 valence electrons. The molecule has 20 heavy (non-hydrogen) atoms. The number of nitrogens with zero attached hydrogens (tertiary/aromatic N) is 1. The van der Waals surface area contributed by atoms with E-state index in [0.717, 1.165) is 18.8 Å². The van der Waals surface area contributed by atoms with Gasteiger partial charge in [-0.05, 0) is 49.1 Å². The average molecular weight is 270 g/mol. The Morgan fingerprint density at radius 1 is 1.10 bits per heavy atom. The molecule has 1 aromatic carbocycles. The molecule has 3 heteroatoms. The van der Waals surface area contributed by atoms with Crippen LogP contribution in [0.4, 0.5) is 5.69 Å². The molecule has 2 aromatic rings. The van der Waals surface area contributed by atoms with Crippen molar-refractivity contribution in [2.24, 2.45) is 0 Å². The number of aromatic amines is 1. The van der Waals surface area contributed by atoms with Gasteiger partial charge in [0.2, 0.25) is 0 Å². The summed E-state index contributed by atoms with van der Waals surface area (Å²) in [4.78, 5) is 5.67. The molecule has 1 unspecified atom stereocenters. The number of benzene rings is 1. The van der Waals surface area contributed by atoms with E-state index in [2.05, 4.69) is 34.1 Å². The monoisotopic (exact) mass is 270 g/mol. The molecule has 1 aromatic heterocycles. The third-order valence-corrected chi connectivity index (χ3v) is 4.17. The lowest BCUT2D eigenvalue weighted by Crippen LogP contribution is -2.29. The molecule has 1 saturated heterocycles. The highest BCUT2D eigenvalue weighted by atomic mass is 16.3. The van der Waals surface area contributed by atoms with E-state index >= 15 is 0 Å². The summed E-state index contributed by atoms with van der Waals surface area (Å²) in [5, 5.41) is 9.72. The van der Waals surface area contributed by atoms with Crippen molar-refractivity contribution in [1.29, 1.82) is 0 Å². The van der Waals surface area contributed by atoms with Gasteiger partial charge < -0.3 is 15.0 Å². The van der Waals surface area contributed by atoms with Crippen LogP contribution in [0.15, 0.2) is 42.6 Å². The van der Waals surface area contributed by atoms with E-state index in [4.69, 9.17) is 0 Å². The van der Waals surface area contributed by atoms with Gasteiger partial charge in [-0.15, -0.1) is 0 Å². The maximum absolute atomic E-state index is 9.72. The van der Waals surface area contributed by atoms with Crippen LogP contribution in [0, 0.1) is 0 Å². The third kappa shape index (κ3) is 2.73. The highest BCUT2D eigenvalue weighted by Gasteiger charge is 2.16. The Kier molecular flexibility index (Phi) is 4.07. The minimum atomic E-state index is 0.0368. The number of aliphatic hydroxyl groups excluding tert-OH is 1. The van der Waals surface area contributed by atoms with Crippen molar-refractivity contribution < 1.29 is 5.11 Å². The summed E-state index contributed by atoms with van der Waals surface area (Å²) in [6.07, 6.45) is 5.82. The Hall–Kier alpha value is -1.74. The van der Waals surface area contributed by atoms with E-state index in [1.54, 1.807) is 0 Å². The number of rotatable bonds is 4. The molecule has 1 aliphatic rings. The lowest BCUT2D eigenvalue weighted by atomic mass is 9.96. The SMILES string of the molecule is OCC(c1cccc(N2CCCCC2)c1)c1ccc[nH]1. The summed E-state index contributed by atoms with van der Waals surface area (Å²) in [5.41, 5.74) is 3.54. The van der Waals surface area contributed by atoms with Crippen molar-refractivity contribution in [3.63, 3.8) is 0 Å². The predicted molar refractivity (Wildman–Crippen MR) is 82.2 cm³/mol. The Labute approximate surface area is 120 Å². The first-order chi connectivity index (χ1) is 9.88. The van der Waals surface area contributed by atoms with Gasteiger partial charge in [0.25, 0.3) is 0 Å². The van der Waals surface area contributed by atoms with Gasteiger partial charge in [-0.3, -0.25) is 0 Å². The largest absolute Gasteiger partial charge is 0.395 e. The van der Waals surface area contributed by atoms with E-state index in [0.29, 0.717) is 0 Å². The molecular weight excluding hydrogens is 248 g/mol. The summed E-state index contributed by atoms with van der Waals surface area (Å²) in [5.74, 6) is 0.0368. The summed E-state index contributed by atoms with van der Waals surface area (Å²) in [6, 6.07) is 12.6. The van der Waals surface area contributed by atoms with Gasteiger partial charge in [-0.25, -0.2) is 0 Å². The number of hydrogen-bond acceptors (Lipinski definition) is 2. The first-order valence-electron chi connectivity index (χ1n) is 7.47. The number of nitrogens with one attached hydrogen (secondary N) is 1. The quantitative estimate of drug-likeness (QED) is 0.896. The summed E-state index contributed by atoms with van der Waals surface area (Å²) >= 11 is 0. The van der Waals surface area contributed by atoms with Crippen LogP contribution >= 0.6 is 0 Å². The van der Waals surface area contributed by atoms with Gasteiger partial charge in [0, 0.05) is 36.6 Å². The highest BCUT2D eigenvalue weighted by molar-refractivity contribution is 5.50. The third-order valence-electron chi connectivity index (χ3n) is 4.17. The van der Waals surface area contributed by atoms with Crippen LogP contribution in [0.25, 0.3) is 0 Å². The molecule has 2 heterocycles. The molecule has 0 amide bonds. The summed E-state index contributed by atoms with van der Waals surface area (Å²) in [7, 11) is 0. The van der Waals surface area contributed by atoms with Crippen molar-refractivity contribution in [2.75, 3.05) is 24.6 Å². The van der Waals surface area contributed by atoms with Crippen molar-refractivity contribution in [1.82, 2.24) is 4.98 Å². The molecule has 2 N–H and O–H groups in total. The second-order valence-electron chi connectivity index (χ2n) is 5.50. The molecule has 0 aliphatic carbocycles. The molecule has 0 saturated carbocycles. The zero-order valence-electron chi connectivity index (χ0n) is 11.8. The molecule has 3 nitrogen and oxygen atoms in total. The van der Waals surface area contributed by atoms with E-state index in [-0.39, 0.29) is 12.5 Å². The van der Waals surface area contributed by atoms with Gasteiger partial charge in [0.05, 0.1) is 6.61 Å². The highest BCUT2D eigenvalue weighted by Crippen LogP contribution is 2.27. The fourth-order valence-corrected chi connectivity index (χ4v) is 3.03. The van der Waals surface area contributed by atoms with E-state index in [1.807, 2.05) is 18.3 Å². The normalized spacial score (nSPS) is 17.1. The number of anilines is 1. The number of piperidine rings is 1. The van der Waals surface area contributed by atoms with Crippen molar-refractivity contribution in [3.8, 4) is 0 Å². The molecule has 3 rings (SSSR count). The van der Waals surface area contributed by atoms with Crippen LogP contribution in [0.5, 0.6) is 0 Å². The molecule has 1 aliphatic heterocycles. The number of aromatic nitrogens is 1. The van der Waals surface area contributed by atoms with Crippen molar-refractivity contribution in [3.05, 3.63) is 53.9 Å². The number of hydrogen-bond donors (Lipinski definition) is 2. The van der Waals surface area contributed by atoms with Crippen molar-refractivity contribution >= 4 is 5.69 Å². The van der Waals surface area contributed by atoms with Crippen molar-refractivity contribution in [2.45, 2.75) is 25.2 Å². The Morgan fingerprint density at radius 2 is 1.95 bits per heavy atom. The van der Waals surface area contributed by atoms with E-state index in [1.165, 1.54) is 30.5 Å². The van der Waals surface area contributed by atoms with Gasteiger partial charge in [-0.1, -0.05) is 12.1 Å². The zero-order valence-corrected chi connectivity index (χ0v) is 11.8. The van der Waals surface area contributed by atoms with Crippen LogP contribution in [-0.2, 0) is 0 Å².